The third-order valence-electron chi connectivity index (χ3n) is 4.04. The van der Waals surface area contributed by atoms with E-state index in [0.29, 0.717) is 12.4 Å². The van der Waals surface area contributed by atoms with Gasteiger partial charge in [-0.3, -0.25) is 10.1 Å². The molecular formula is C18H18N4O2. The molecule has 1 aromatic heterocycles. The minimum absolute atomic E-state index is 0.107. The second-order valence-corrected chi connectivity index (χ2v) is 5.61. The van der Waals surface area contributed by atoms with E-state index in [1.165, 1.54) is 12.1 Å². The molecule has 3 rings (SSSR count). The van der Waals surface area contributed by atoms with Crippen molar-refractivity contribution in [3.8, 4) is 0 Å². The molecule has 0 bridgehead atoms. The lowest BCUT2D eigenvalue weighted by atomic mass is 10.1. The monoisotopic (exact) mass is 322 g/mol. The lowest BCUT2D eigenvalue weighted by Crippen LogP contribution is -2.08. The number of hydrogen-bond donors (Lipinski definition) is 2. The fraction of sp³-hybridized carbons (Fsp3) is 0.167. The number of nitrogens with two attached hydrogens (primary N) is 1. The van der Waals surface area contributed by atoms with Crippen molar-refractivity contribution in [2.45, 2.75) is 13.3 Å². The highest BCUT2D eigenvalue weighted by Crippen LogP contribution is 2.29. The molecule has 0 saturated heterocycles. The highest BCUT2D eigenvalue weighted by atomic mass is 16.6. The van der Waals surface area contributed by atoms with Crippen LogP contribution in [0.2, 0.25) is 0 Å². The number of nitro groups is 1. The third kappa shape index (κ3) is 3.12. The Morgan fingerprint density at radius 3 is 2.58 bits per heavy atom. The van der Waals surface area contributed by atoms with Crippen LogP contribution in [0, 0.1) is 17.0 Å². The predicted octanol–water partition coefficient (Wildman–Crippen LogP) is 3.69. The number of hydrogen-bond acceptors (Lipinski definition) is 5. The van der Waals surface area contributed by atoms with Gasteiger partial charge in [0.1, 0.15) is 5.82 Å². The molecule has 0 amide bonds. The number of anilines is 2. The SMILES string of the molecule is Cc1c(N)nc2ccccc2c1NCCc1ccc([N+](=O)[O-])cc1. The number of nitrogens with zero attached hydrogens (tertiary/aromatic N) is 2. The minimum atomic E-state index is -0.392. The summed E-state index contributed by atoms with van der Waals surface area (Å²) in [7, 11) is 0. The molecule has 0 unspecified atom stereocenters. The number of para-hydroxylation sites is 1. The van der Waals surface area contributed by atoms with Crippen molar-refractivity contribution in [2.24, 2.45) is 0 Å². The van der Waals surface area contributed by atoms with Gasteiger partial charge in [0.05, 0.1) is 16.1 Å². The van der Waals surface area contributed by atoms with Crippen LogP contribution >= 0.6 is 0 Å². The molecule has 0 radical (unpaired) electrons. The lowest BCUT2D eigenvalue weighted by Gasteiger charge is -2.14. The van der Waals surface area contributed by atoms with Gasteiger partial charge in [-0.15, -0.1) is 0 Å². The summed E-state index contributed by atoms with van der Waals surface area (Å²) in [5.41, 5.74) is 9.92. The van der Waals surface area contributed by atoms with E-state index < -0.39 is 4.92 Å². The van der Waals surface area contributed by atoms with Crippen LogP contribution in [0.4, 0.5) is 17.2 Å². The Balaban J connectivity index is 1.76. The maximum absolute atomic E-state index is 10.7. The van der Waals surface area contributed by atoms with Crippen molar-refractivity contribution in [3.63, 3.8) is 0 Å². The van der Waals surface area contributed by atoms with Crippen molar-refractivity contribution < 1.29 is 4.92 Å². The number of pyridine rings is 1. The van der Waals surface area contributed by atoms with Gasteiger partial charge in [-0.1, -0.05) is 30.3 Å². The van der Waals surface area contributed by atoms with Gasteiger partial charge in [0, 0.05) is 29.6 Å². The third-order valence-corrected chi connectivity index (χ3v) is 4.04. The fourth-order valence-corrected chi connectivity index (χ4v) is 2.67. The van der Waals surface area contributed by atoms with Gasteiger partial charge in [-0.05, 0) is 25.0 Å². The van der Waals surface area contributed by atoms with Gasteiger partial charge in [0.2, 0.25) is 0 Å². The number of fused-ring (bicyclic) bond motifs is 1. The van der Waals surface area contributed by atoms with Gasteiger partial charge in [-0.2, -0.15) is 0 Å². The zero-order valence-electron chi connectivity index (χ0n) is 13.3. The van der Waals surface area contributed by atoms with Gasteiger partial charge in [-0.25, -0.2) is 4.98 Å². The van der Waals surface area contributed by atoms with E-state index in [9.17, 15) is 10.1 Å². The predicted molar refractivity (Wildman–Crippen MR) is 96.2 cm³/mol. The first-order valence-corrected chi connectivity index (χ1v) is 7.68. The summed E-state index contributed by atoms with van der Waals surface area (Å²) in [4.78, 5) is 14.7. The molecule has 0 spiro atoms. The summed E-state index contributed by atoms with van der Waals surface area (Å²) < 4.78 is 0. The number of nitrogen functional groups attached to an aromatic ring is 1. The fourth-order valence-electron chi connectivity index (χ4n) is 2.67. The zero-order valence-corrected chi connectivity index (χ0v) is 13.3. The molecule has 6 nitrogen and oxygen atoms in total. The van der Waals surface area contributed by atoms with E-state index in [2.05, 4.69) is 10.3 Å². The smallest absolute Gasteiger partial charge is 0.269 e. The topological polar surface area (TPSA) is 94.1 Å². The molecular weight excluding hydrogens is 304 g/mol. The number of non-ortho nitro benzene ring substituents is 1. The average molecular weight is 322 g/mol. The van der Waals surface area contributed by atoms with Crippen LogP contribution in [0.15, 0.2) is 48.5 Å². The minimum Gasteiger partial charge on any atom is -0.384 e. The Morgan fingerprint density at radius 1 is 1.17 bits per heavy atom. The Labute approximate surface area is 139 Å². The highest BCUT2D eigenvalue weighted by molar-refractivity contribution is 5.95. The maximum Gasteiger partial charge on any atom is 0.269 e. The number of nitro benzene ring substituents is 1. The maximum atomic E-state index is 10.7. The van der Waals surface area contributed by atoms with E-state index in [1.54, 1.807) is 12.1 Å². The van der Waals surface area contributed by atoms with Crippen molar-refractivity contribution in [3.05, 3.63) is 69.8 Å². The van der Waals surface area contributed by atoms with Crippen LogP contribution < -0.4 is 11.1 Å². The van der Waals surface area contributed by atoms with Crippen LogP contribution in [0.25, 0.3) is 10.9 Å². The molecule has 24 heavy (non-hydrogen) atoms. The molecule has 0 saturated carbocycles. The second kappa shape index (κ2) is 6.54. The Morgan fingerprint density at radius 2 is 1.88 bits per heavy atom. The number of benzene rings is 2. The molecule has 0 aliphatic rings. The summed E-state index contributed by atoms with van der Waals surface area (Å²) in [5.74, 6) is 0.520. The van der Waals surface area contributed by atoms with E-state index in [1.807, 2.05) is 31.2 Å². The van der Waals surface area contributed by atoms with Crippen molar-refractivity contribution in [1.29, 1.82) is 0 Å². The first kappa shape index (κ1) is 15.7. The molecule has 3 aromatic rings. The first-order chi connectivity index (χ1) is 11.6. The molecule has 6 heteroatoms. The molecule has 0 fully saturated rings. The van der Waals surface area contributed by atoms with Gasteiger partial charge in [0.15, 0.2) is 0 Å². The summed E-state index contributed by atoms with van der Waals surface area (Å²) in [6, 6.07) is 14.5. The molecule has 2 aromatic carbocycles. The van der Waals surface area contributed by atoms with Crippen LogP contribution in [-0.2, 0) is 6.42 Å². The van der Waals surface area contributed by atoms with Crippen LogP contribution in [0.1, 0.15) is 11.1 Å². The van der Waals surface area contributed by atoms with Crippen molar-refractivity contribution >= 4 is 28.1 Å². The number of rotatable bonds is 5. The van der Waals surface area contributed by atoms with Gasteiger partial charge < -0.3 is 11.1 Å². The Kier molecular flexibility index (Phi) is 4.29. The Bertz CT molecular complexity index is 891. The number of aromatic nitrogens is 1. The normalized spacial score (nSPS) is 10.7. The molecule has 1 heterocycles. The zero-order chi connectivity index (χ0) is 17.1. The summed E-state index contributed by atoms with van der Waals surface area (Å²) in [6.45, 7) is 2.65. The van der Waals surface area contributed by atoms with Crippen LogP contribution in [-0.4, -0.2) is 16.5 Å². The standard InChI is InChI=1S/C18H18N4O2/c1-12-17(15-4-2-3-5-16(15)21-18(12)19)20-11-10-13-6-8-14(9-7-13)22(23)24/h2-9H,10-11H2,1H3,(H3,19,20,21). The van der Waals surface area contributed by atoms with E-state index >= 15 is 0 Å². The molecule has 0 aliphatic heterocycles. The average Bonchev–Trinajstić information content (AvgIpc) is 2.58. The summed E-state index contributed by atoms with van der Waals surface area (Å²) >= 11 is 0. The van der Waals surface area contributed by atoms with Crippen LogP contribution in [0.3, 0.4) is 0 Å². The number of nitrogens with one attached hydrogen (secondary N) is 1. The quantitative estimate of drug-likeness (QED) is 0.552. The van der Waals surface area contributed by atoms with E-state index in [0.717, 1.165) is 34.1 Å². The van der Waals surface area contributed by atoms with Crippen molar-refractivity contribution in [1.82, 2.24) is 4.98 Å². The lowest BCUT2D eigenvalue weighted by molar-refractivity contribution is -0.384. The Hall–Kier alpha value is -3.15. The van der Waals surface area contributed by atoms with Gasteiger partial charge >= 0.3 is 0 Å². The molecule has 0 atom stereocenters. The molecule has 3 N–H and O–H groups in total. The largest absolute Gasteiger partial charge is 0.384 e. The first-order valence-electron chi connectivity index (χ1n) is 7.68. The van der Waals surface area contributed by atoms with Gasteiger partial charge in [0.25, 0.3) is 5.69 Å². The van der Waals surface area contributed by atoms with E-state index in [4.69, 9.17) is 5.73 Å². The van der Waals surface area contributed by atoms with E-state index in [-0.39, 0.29) is 5.69 Å². The van der Waals surface area contributed by atoms with Crippen molar-refractivity contribution in [2.75, 3.05) is 17.6 Å². The summed E-state index contributed by atoms with van der Waals surface area (Å²) in [5, 5.41) is 15.1. The summed E-state index contributed by atoms with van der Waals surface area (Å²) in [6.07, 6.45) is 0.758. The van der Waals surface area contributed by atoms with Crippen LogP contribution in [0.5, 0.6) is 0 Å². The molecule has 122 valence electrons. The highest BCUT2D eigenvalue weighted by Gasteiger charge is 2.09. The molecule has 0 aliphatic carbocycles. The second-order valence-electron chi connectivity index (χ2n) is 5.61.